The summed E-state index contributed by atoms with van der Waals surface area (Å²) in [6.07, 6.45) is 2.39. The van der Waals surface area contributed by atoms with Crippen LogP contribution in [-0.2, 0) is 4.79 Å². The second-order valence-electron chi connectivity index (χ2n) is 5.51. The molecule has 21 heavy (non-hydrogen) atoms. The molecule has 108 valence electrons. The van der Waals surface area contributed by atoms with Gasteiger partial charge in [-0.15, -0.1) is 0 Å². The Balaban J connectivity index is 1.60. The van der Waals surface area contributed by atoms with Gasteiger partial charge < -0.3 is 10.2 Å². The summed E-state index contributed by atoms with van der Waals surface area (Å²) in [7, 11) is 0. The SMILES string of the molecule is Cc1ccnc(NCC2CC(=O)N(c3ccccc3)C2)c1. The molecule has 2 aromatic rings. The molecule has 1 aliphatic heterocycles. The number of hydrogen-bond acceptors (Lipinski definition) is 3. The van der Waals surface area contributed by atoms with Crippen LogP contribution in [0.1, 0.15) is 12.0 Å². The van der Waals surface area contributed by atoms with Crippen molar-refractivity contribution < 1.29 is 4.79 Å². The number of rotatable bonds is 4. The zero-order chi connectivity index (χ0) is 14.7. The fourth-order valence-electron chi connectivity index (χ4n) is 2.66. The summed E-state index contributed by atoms with van der Waals surface area (Å²) in [5.74, 6) is 1.39. The van der Waals surface area contributed by atoms with Crippen LogP contribution in [0.25, 0.3) is 0 Å². The summed E-state index contributed by atoms with van der Waals surface area (Å²) >= 11 is 0. The van der Waals surface area contributed by atoms with E-state index in [0.29, 0.717) is 12.3 Å². The van der Waals surface area contributed by atoms with Gasteiger partial charge in [-0.1, -0.05) is 18.2 Å². The Labute approximate surface area is 124 Å². The first kappa shape index (κ1) is 13.6. The number of aryl methyl sites for hydroxylation is 1. The maximum Gasteiger partial charge on any atom is 0.227 e. The molecule has 2 heterocycles. The van der Waals surface area contributed by atoms with E-state index in [1.165, 1.54) is 5.56 Å². The zero-order valence-electron chi connectivity index (χ0n) is 12.1. The number of carbonyl (C=O) groups is 1. The minimum absolute atomic E-state index is 0.199. The van der Waals surface area contributed by atoms with Crippen molar-refractivity contribution in [3.05, 3.63) is 54.2 Å². The van der Waals surface area contributed by atoms with Crippen molar-refractivity contribution in [2.45, 2.75) is 13.3 Å². The predicted octanol–water partition coefficient (Wildman–Crippen LogP) is 2.86. The van der Waals surface area contributed by atoms with E-state index in [2.05, 4.69) is 10.3 Å². The maximum absolute atomic E-state index is 12.1. The second kappa shape index (κ2) is 5.95. The van der Waals surface area contributed by atoms with Crippen LogP contribution in [0.15, 0.2) is 48.7 Å². The van der Waals surface area contributed by atoms with Crippen molar-refractivity contribution >= 4 is 17.4 Å². The highest BCUT2D eigenvalue weighted by Crippen LogP contribution is 2.24. The van der Waals surface area contributed by atoms with Gasteiger partial charge in [0, 0.05) is 37.3 Å². The molecule has 1 amide bonds. The molecule has 0 bridgehead atoms. The lowest BCUT2D eigenvalue weighted by Gasteiger charge is -2.17. The van der Waals surface area contributed by atoms with Gasteiger partial charge in [0.2, 0.25) is 5.91 Å². The first-order chi connectivity index (χ1) is 10.2. The van der Waals surface area contributed by atoms with Gasteiger partial charge in [0.25, 0.3) is 0 Å². The Hall–Kier alpha value is -2.36. The van der Waals surface area contributed by atoms with Gasteiger partial charge in [0.15, 0.2) is 0 Å². The largest absolute Gasteiger partial charge is 0.370 e. The highest BCUT2D eigenvalue weighted by Gasteiger charge is 2.30. The van der Waals surface area contributed by atoms with Crippen molar-refractivity contribution in [3.63, 3.8) is 0 Å². The summed E-state index contributed by atoms with van der Waals surface area (Å²) in [6, 6.07) is 13.8. The molecule has 1 aliphatic rings. The van der Waals surface area contributed by atoms with Gasteiger partial charge in [-0.2, -0.15) is 0 Å². The average Bonchev–Trinajstić information content (AvgIpc) is 2.87. The smallest absolute Gasteiger partial charge is 0.227 e. The number of anilines is 2. The Kier molecular flexibility index (Phi) is 3.86. The fraction of sp³-hybridized carbons (Fsp3) is 0.294. The molecule has 0 aliphatic carbocycles. The number of nitrogens with zero attached hydrogens (tertiary/aromatic N) is 2. The third kappa shape index (κ3) is 3.21. The molecule has 0 radical (unpaired) electrons. The fourth-order valence-corrected chi connectivity index (χ4v) is 2.66. The van der Waals surface area contributed by atoms with E-state index in [9.17, 15) is 4.79 Å². The van der Waals surface area contributed by atoms with Gasteiger partial charge in [0.05, 0.1) is 0 Å². The molecule has 4 heteroatoms. The van der Waals surface area contributed by atoms with Crippen molar-refractivity contribution in [3.8, 4) is 0 Å². The van der Waals surface area contributed by atoms with Gasteiger partial charge in [0.1, 0.15) is 5.82 Å². The van der Waals surface area contributed by atoms with E-state index in [0.717, 1.165) is 24.6 Å². The van der Waals surface area contributed by atoms with E-state index in [1.54, 1.807) is 6.20 Å². The number of pyridine rings is 1. The zero-order valence-corrected chi connectivity index (χ0v) is 12.1. The molecular formula is C17H19N3O. The van der Waals surface area contributed by atoms with Gasteiger partial charge in [-0.3, -0.25) is 4.79 Å². The summed E-state index contributed by atoms with van der Waals surface area (Å²) in [4.78, 5) is 18.3. The van der Waals surface area contributed by atoms with E-state index in [1.807, 2.05) is 54.3 Å². The minimum atomic E-state index is 0.199. The third-order valence-corrected chi connectivity index (χ3v) is 3.76. The first-order valence-corrected chi connectivity index (χ1v) is 7.24. The lowest BCUT2D eigenvalue weighted by molar-refractivity contribution is -0.117. The van der Waals surface area contributed by atoms with Crippen LogP contribution in [-0.4, -0.2) is 24.0 Å². The number of nitrogens with one attached hydrogen (secondary N) is 1. The minimum Gasteiger partial charge on any atom is -0.370 e. The topological polar surface area (TPSA) is 45.2 Å². The number of hydrogen-bond donors (Lipinski definition) is 1. The molecule has 1 aromatic carbocycles. The quantitative estimate of drug-likeness (QED) is 0.937. The molecule has 1 aromatic heterocycles. The first-order valence-electron chi connectivity index (χ1n) is 7.24. The lowest BCUT2D eigenvalue weighted by atomic mass is 10.1. The molecule has 1 saturated heterocycles. The molecule has 1 fully saturated rings. The Morgan fingerprint density at radius 3 is 2.86 bits per heavy atom. The summed E-state index contributed by atoms with van der Waals surface area (Å²) < 4.78 is 0. The molecule has 3 rings (SSSR count). The Morgan fingerprint density at radius 1 is 1.29 bits per heavy atom. The monoisotopic (exact) mass is 281 g/mol. The van der Waals surface area contributed by atoms with Gasteiger partial charge in [-0.05, 0) is 36.8 Å². The predicted molar refractivity (Wildman–Crippen MR) is 84.4 cm³/mol. The van der Waals surface area contributed by atoms with Crippen LogP contribution in [0.2, 0.25) is 0 Å². The summed E-state index contributed by atoms with van der Waals surface area (Å²) in [5, 5.41) is 3.33. The van der Waals surface area contributed by atoms with Crippen LogP contribution in [0.3, 0.4) is 0 Å². The molecule has 0 spiro atoms. The van der Waals surface area contributed by atoms with Crippen LogP contribution >= 0.6 is 0 Å². The van der Waals surface area contributed by atoms with Crippen molar-refractivity contribution in [2.24, 2.45) is 5.92 Å². The molecule has 0 saturated carbocycles. The molecular weight excluding hydrogens is 262 g/mol. The average molecular weight is 281 g/mol. The number of carbonyl (C=O) groups excluding carboxylic acids is 1. The van der Waals surface area contributed by atoms with E-state index < -0.39 is 0 Å². The highest BCUT2D eigenvalue weighted by molar-refractivity contribution is 5.95. The number of aromatic nitrogens is 1. The third-order valence-electron chi connectivity index (χ3n) is 3.76. The number of amides is 1. The van der Waals surface area contributed by atoms with Crippen molar-refractivity contribution in [1.82, 2.24) is 4.98 Å². The summed E-state index contributed by atoms with van der Waals surface area (Å²) in [5.41, 5.74) is 2.17. The second-order valence-corrected chi connectivity index (χ2v) is 5.51. The molecule has 1 atom stereocenters. The standard InChI is InChI=1S/C17H19N3O/c1-13-7-8-18-16(9-13)19-11-14-10-17(21)20(12-14)15-5-3-2-4-6-15/h2-9,14H,10-12H2,1H3,(H,18,19). The van der Waals surface area contributed by atoms with Crippen molar-refractivity contribution in [1.29, 1.82) is 0 Å². The highest BCUT2D eigenvalue weighted by atomic mass is 16.2. The molecule has 4 nitrogen and oxygen atoms in total. The van der Waals surface area contributed by atoms with Gasteiger partial charge in [-0.25, -0.2) is 4.98 Å². The van der Waals surface area contributed by atoms with E-state index in [-0.39, 0.29) is 5.91 Å². The van der Waals surface area contributed by atoms with Crippen LogP contribution in [0.5, 0.6) is 0 Å². The number of para-hydroxylation sites is 1. The Morgan fingerprint density at radius 2 is 2.10 bits per heavy atom. The Bertz CT molecular complexity index is 627. The van der Waals surface area contributed by atoms with E-state index in [4.69, 9.17) is 0 Å². The maximum atomic E-state index is 12.1. The van der Waals surface area contributed by atoms with Crippen molar-refractivity contribution in [2.75, 3.05) is 23.3 Å². The normalized spacial score (nSPS) is 18.0. The number of benzene rings is 1. The molecule has 1 N–H and O–H groups in total. The summed E-state index contributed by atoms with van der Waals surface area (Å²) in [6.45, 7) is 3.58. The molecule has 1 unspecified atom stereocenters. The van der Waals surface area contributed by atoms with Crippen LogP contribution in [0, 0.1) is 12.8 Å². The van der Waals surface area contributed by atoms with E-state index >= 15 is 0 Å². The lowest BCUT2D eigenvalue weighted by Crippen LogP contribution is -2.25. The van der Waals surface area contributed by atoms with Gasteiger partial charge >= 0.3 is 0 Å². The van der Waals surface area contributed by atoms with Crippen LogP contribution < -0.4 is 10.2 Å². The van der Waals surface area contributed by atoms with Crippen LogP contribution in [0.4, 0.5) is 11.5 Å².